The van der Waals surface area contributed by atoms with E-state index < -0.39 is 6.10 Å². The van der Waals surface area contributed by atoms with Crippen LogP contribution in [0.4, 0.5) is 0 Å². The first-order valence-electron chi connectivity index (χ1n) is 8.10. The summed E-state index contributed by atoms with van der Waals surface area (Å²) in [5, 5.41) is 10.6. The molecule has 1 saturated heterocycles. The fourth-order valence-electron chi connectivity index (χ4n) is 5.39. The van der Waals surface area contributed by atoms with Gasteiger partial charge in [0.15, 0.2) is 11.5 Å². The molecule has 0 radical (unpaired) electrons. The predicted octanol–water partition coefficient (Wildman–Crippen LogP) is 1.50. The first-order valence-corrected chi connectivity index (χ1v) is 8.10. The van der Waals surface area contributed by atoms with Crippen molar-refractivity contribution in [3.63, 3.8) is 0 Å². The average molecular weight is 299 g/mol. The maximum absolute atomic E-state index is 10.6. The first kappa shape index (κ1) is 13.0. The lowest BCUT2D eigenvalue weighted by molar-refractivity contribution is -0.0453. The van der Waals surface area contributed by atoms with Crippen molar-refractivity contribution in [1.29, 1.82) is 0 Å². The molecule has 0 aromatic heterocycles. The zero-order valence-electron chi connectivity index (χ0n) is 13.0. The SMILES string of the molecule is COc1ccc2c3c1O[C@H]1[C@H](O)C=C[C@@H]4[C@@H](C2)N(C)CC[C@@]341. The van der Waals surface area contributed by atoms with E-state index in [0.29, 0.717) is 12.0 Å². The Hall–Kier alpha value is -1.52. The molecular formula is C18H21NO3. The van der Waals surface area contributed by atoms with Crippen LogP contribution in [0.1, 0.15) is 17.5 Å². The molecule has 1 aromatic rings. The minimum atomic E-state index is -0.539. The maximum atomic E-state index is 10.6. The van der Waals surface area contributed by atoms with Gasteiger partial charge >= 0.3 is 0 Å². The number of benzene rings is 1. The van der Waals surface area contributed by atoms with Gasteiger partial charge in [-0.15, -0.1) is 0 Å². The smallest absolute Gasteiger partial charge is 0.165 e. The molecule has 1 aromatic carbocycles. The Bertz CT molecular complexity index is 685. The Labute approximate surface area is 130 Å². The molecule has 1 spiro atoms. The zero-order valence-corrected chi connectivity index (χ0v) is 13.0. The van der Waals surface area contributed by atoms with Crippen LogP contribution in [0.3, 0.4) is 0 Å². The van der Waals surface area contributed by atoms with Gasteiger partial charge in [0, 0.05) is 22.9 Å². The van der Waals surface area contributed by atoms with Crippen LogP contribution in [-0.2, 0) is 11.8 Å². The number of aliphatic hydroxyl groups is 1. The predicted molar refractivity (Wildman–Crippen MR) is 82.5 cm³/mol. The Balaban J connectivity index is 1.82. The van der Waals surface area contributed by atoms with Crippen LogP contribution in [0.5, 0.6) is 11.5 Å². The largest absolute Gasteiger partial charge is 0.493 e. The van der Waals surface area contributed by atoms with E-state index >= 15 is 0 Å². The normalized spacial score (nSPS) is 41.0. The van der Waals surface area contributed by atoms with Crippen LogP contribution in [0.15, 0.2) is 24.3 Å². The molecule has 116 valence electrons. The second-order valence-electron chi connectivity index (χ2n) is 7.11. The van der Waals surface area contributed by atoms with Crippen molar-refractivity contribution in [2.75, 3.05) is 20.7 Å². The average Bonchev–Trinajstić information content (AvgIpc) is 2.88. The lowest BCUT2D eigenvalue weighted by atomic mass is 9.53. The summed E-state index contributed by atoms with van der Waals surface area (Å²) in [4.78, 5) is 2.47. The summed E-state index contributed by atoms with van der Waals surface area (Å²) < 4.78 is 11.8. The van der Waals surface area contributed by atoms with Crippen LogP contribution in [-0.4, -0.2) is 49.0 Å². The monoisotopic (exact) mass is 299 g/mol. The molecule has 2 bridgehead atoms. The van der Waals surface area contributed by atoms with Crippen molar-refractivity contribution in [2.24, 2.45) is 5.92 Å². The van der Waals surface area contributed by atoms with E-state index in [4.69, 9.17) is 9.47 Å². The van der Waals surface area contributed by atoms with Crippen molar-refractivity contribution < 1.29 is 14.6 Å². The number of piperidine rings is 1. The molecule has 0 amide bonds. The van der Waals surface area contributed by atoms with Gasteiger partial charge in [-0.2, -0.15) is 0 Å². The topological polar surface area (TPSA) is 41.9 Å². The maximum Gasteiger partial charge on any atom is 0.165 e. The van der Waals surface area contributed by atoms with E-state index in [2.05, 4.69) is 24.1 Å². The minimum Gasteiger partial charge on any atom is -0.493 e. The molecule has 0 saturated carbocycles. The van der Waals surface area contributed by atoms with Crippen LogP contribution >= 0.6 is 0 Å². The van der Waals surface area contributed by atoms with E-state index in [1.807, 2.05) is 12.1 Å². The van der Waals surface area contributed by atoms with Crippen molar-refractivity contribution in [2.45, 2.75) is 36.5 Å². The highest BCUT2D eigenvalue weighted by Crippen LogP contribution is 2.62. The van der Waals surface area contributed by atoms with Gasteiger partial charge in [0.25, 0.3) is 0 Å². The molecule has 1 N–H and O–H groups in total. The lowest BCUT2D eigenvalue weighted by Gasteiger charge is -2.56. The number of hydrogen-bond acceptors (Lipinski definition) is 4. The van der Waals surface area contributed by atoms with Crippen molar-refractivity contribution in [3.05, 3.63) is 35.4 Å². The molecule has 4 aliphatic rings. The third-order valence-corrected chi connectivity index (χ3v) is 6.35. The molecular weight excluding hydrogens is 278 g/mol. The van der Waals surface area contributed by atoms with Crippen LogP contribution in [0.2, 0.25) is 0 Å². The van der Waals surface area contributed by atoms with Gasteiger partial charge in [-0.25, -0.2) is 0 Å². The van der Waals surface area contributed by atoms with Gasteiger partial charge in [0.1, 0.15) is 12.2 Å². The van der Waals surface area contributed by atoms with Crippen molar-refractivity contribution in [1.82, 2.24) is 4.90 Å². The first-order chi connectivity index (χ1) is 10.7. The van der Waals surface area contributed by atoms with Gasteiger partial charge < -0.3 is 19.5 Å². The molecule has 2 aliphatic carbocycles. The fraction of sp³-hybridized carbons (Fsp3) is 0.556. The molecule has 0 unspecified atom stereocenters. The Morgan fingerprint density at radius 1 is 1.36 bits per heavy atom. The number of methoxy groups -OCH3 is 1. The van der Waals surface area contributed by atoms with Gasteiger partial charge in [-0.1, -0.05) is 18.2 Å². The number of nitrogens with zero attached hydrogens (tertiary/aromatic N) is 1. The number of ether oxygens (including phenoxy) is 2. The number of hydrogen-bond donors (Lipinski definition) is 1. The van der Waals surface area contributed by atoms with Crippen LogP contribution in [0.25, 0.3) is 0 Å². The fourth-order valence-corrected chi connectivity index (χ4v) is 5.39. The Morgan fingerprint density at radius 3 is 3.05 bits per heavy atom. The summed E-state index contributed by atoms with van der Waals surface area (Å²) >= 11 is 0. The van der Waals surface area contributed by atoms with E-state index in [0.717, 1.165) is 30.9 Å². The summed E-state index contributed by atoms with van der Waals surface area (Å²) in [6.07, 6.45) is 5.54. The number of likely N-dealkylation sites (N-methyl/N-ethyl adjacent to an activating group) is 1. The lowest BCUT2D eigenvalue weighted by Crippen LogP contribution is -2.64. The molecule has 4 nitrogen and oxygen atoms in total. The number of rotatable bonds is 1. The second-order valence-corrected chi connectivity index (χ2v) is 7.11. The van der Waals surface area contributed by atoms with E-state index in [-0.39, 0.29) is 11.5 Å². The summed E-state index contributed by atoms with van der Waals surface area (Å²) in [6.45, 7) is 1.05. The van der Waals surface area contributed by atoms with E-state index in [1.165, 1.54) is 11.1 Å². The van der Waals surface area contributed by atoms with Crippen molar-refractivity contribution >= 4 is 0 Å². The molecule has 5 rings (SSSR count). The molecule has 22 heavy (non-hydrogen) atoms. The van der Waals surface area contributed by atoms with Crippen LogP contribution < -0.4 is 9.47 Å². The molecule has 4 heteroatoms. The highest BCUT2D eigenvalue weighted by atomic mass is 16.5. The molecule has 1 fully saturated rings. The summed E-state index contributed by atoms with van der Waals surface area (Å²) in [7, 11) is 3.91. The highest BCUT2D eigenvalue weighted by Gasteiger charge is 2.64. The summed E-state index contributed by atoms with van der Waals surface area (Å²) in [5.41, 5.74) is 2.60. The van der Waals surface area contributed by atoms with Crippen molar-refractivity contribution in [3.8, 4) is 11.5 Å². The van der Waals surface area contributed by atoms with Gasteiger partial charge in [-0.05, 0) is 38.1 Å². The Morgan fingerprint density at radius 2 is 2.23 bits per heavy atom. The third kappa shape index (κ3) is 1.28. The van der Waals surface area contributed by atoms with E-state index in [1.54, 1.807) is 7.11 Å². The highest BCUT2D eigenvalue weighted by molar-refractivity contribution is 5.62. The standard InChI is InChI=1S/C18H21NO3/c1-19-8-7-18-11-4-5-13(20)17(18)22-16-14(21-2)6-3-10(15(16)18)9-12(11)19/h3-6,11-13,17,20H,7-9H2,1-2H3/t11-,12-,13-,17+,18+/m1/s1. The number of likely N-dealkylation sites (tertiary alicyclic amines) is 1. The molecule has 2 aliphatic heterocycles. The minimum absolute atomic E-state index is 0.0806. The summed E-state index contributed by atoms with van der Waals surface area (Å²) in [5.74, 6) is 2.09. The molecule has 2 heterocycles. The zero-order chi connectivity index (χ0) is 15.1. The quantitative estimate of drug-likeness (QED) is 0.798. The Kier molecular flexibility index (Phi) is 2.39. The second kappa shape index (κ2) is 4.06. The van der Waals surface area contributed by atoms with E-state index in [9.17, 15) is 5.11 Å². The van der Waals surface area contributed by atoms with Gasteiger partial charge in [-0.3, -0.25) is 0 Å². The summed E-state index contributed by atoms with van der Waals surface area (Å²) in [6, 6.07) is 4.70. The van der Waals surface area contributed by atoms with Crippen LogP contribution in [0, 0.1) is 5.92 Å². The van der Waals surface area contributed by atoms with Gasteiger partial charge in [0.05, 0.1) is 7.11 Å². The molecule has 5 atom stereocenters. The van der Waals surface area contributed by atoms with Gasteiger partial charge in [0.2, 0.25) is 0 Å². The number of aliphatic hydroxyl groups excluding tert-OH is 1. The third-order valence-electron chi connectivity index (χ3n) is 6.35.